The monoisotopic (exact) mass is 188 g/mol. The zero-order chi connectivity index (χ0) is 9.99. The van der Waals surface area contributed by atoms with Crippen molar-refractivity contribution in [3.05, 3.63) is 0 Å². The number of hydrogen-bond acceptors (Lipinski definition) is 1. The van der Waals surface area contributed by atoms with Crippen LogP contribution in [-0.4, -0.2) is 18.1 Å². The molecule has 0 saturated heterocycles. The Balaban J connectivity index is 3.83. The summed E-state index contributed by atoms with van der Waals surface area (Å²) in [5, 5.41) is 0. The lowest BCUT2D eigenvalue weighted by molar-refractivity contribution is -0.205. The number of ether oxygens (including phenoxy) is 1. The SMILES string of the molecule is CC(C)(C)OC(F)CC(F)(F)F. The average Bonchev–Trinajstić information content (AvgIpc) is 1.49. The molecule has 0 radical (unpaired) electrons. The highest BCUT2D eigenvalue weighted by molar-refractivity contribution is 4.62. The Hall–Kier alpha value is -0.320. The van der Waals surface area contributed by atoms with E-state index in [0.717, 1.165) is 0 Å². The molecule has 0 aromatic heterocycles. The third kappa shape index (κ3) is 7.78. The maximum Gasteiger partial charge on any atom is 0.394 e. The molecule has 0 aliphatic rings. The van der Waals surface area contributed by atoms with Crippen LogP contribution in [0.5, 0.6) is 0 Å². The van der Waals surface area contributed by atoms with Crippen LogP contribution in [0.2, 0.25) is 0 Å². The summed E-state index contributed by atoms with van der Waals surface area (Å²) in [5.74, 6) is 0. The quantitative estimate of drug-likeness (QED) is 0.605. The highest BCUT2D eigenvalue weighted by Crippen LogP contribution is 2.25. The maximum atomic E-state index is 12.5. The van der Waals surface area contributed by atoms with E-state index in [1.54, 1.807) is 0 Å². The first-order chi connectivity index (χ1) is 5.10. The van der Waals surface area contributed by atoms with Crippen LogP contribution in [0.15, 0.2) is 0 Å². The number of hydrogen-bond donors (Lipinski definition) is 0. The smallest absolute Gasteiger partial charge is 0.342 e. The van der Waals surface area contributed by atoms with Crippen LogP contribution < -0.4 is 0 Å². The summed E-state index contributed by atoms with van der Waals surface area (Å²) in [5.41, 5.74) is -0.884. The molecule has 0 spiro atoms. The van der Waals surface area contributed by atoms with Gasteiger partial charge in [0.2, 0.25) is 6.36 Å². The standard InChI is InChI=1S/C7H12F4O/c1-6(2,3)12-5(8)4-7(9,10)11/h5H,4H2,1-3H3. The second-order valence-electron chi connectivity index (χ2n) is 3.46. The molecule has 0 aromatic rings. The third-order valence-corrected chi connectivity index (χ3v) is 0.873. The van der Waals surface area contributed by atoms with Crippen LogP contribution in [0.1, 0.15) is 27.2 Å². The second-order valence-corrected chi connectivity index (χ2v) is 3.46. The highest BCUT2D eigenvalue weighted by atomic mass is 19.4. The van der Waals surface area contributed by atoms with Gasteiger partial charge in [-0.05, 0) is 20.8 Å². The molecular weight excluding hydrogens is 176 g/mol. The Kier molecular flexibility index (Phi) is 3.50. The Morgan fingerprint density at radius 1 is 1.17 bits per heavy atom. The lowest BCUT2D eigenvalue weighted by Crippen LogP contribution is -2.28. The first-order valence-electron chi connectivity index (χ1n) is 3.49. The van der Waals surface area contributed by atoms with Crippen LogP contribution in [0, 0.1) is 0 Å². The topological polar surface area (TPSA) is 9.23 Å². The molecule has 5 heteroatoms. The zero-order valence-electron chi connectivity index (χ0n) is 7.20. The van der Waals surface area contributed by atoms with E-state index in [4.69, 9.17) is 0 Å². The van der Waals surface area contributed by atoms with Crippen molar-refractivity contribution in [3.63, 3.8) is 0 Å². The molecular formula is C7H12F4O. The molecule has 0 N–H and O–H groups in total. The maximum absolute atomic E-state index is 12.5. The van der Waals surface area contributed by atoms with E-state index < -0.39 is 24.6 Å². The van der Waals surface area contributed by atoms with Crippen LogP contribution >= 0.6 is 0 Å². The first kappa shape index (κ1) is 11.7. The van der Waals surface area contributed by atoms with Gasteiger partial charge in [-0.25, -0.2) is 4.39 Å². The lowest BCUT2D eigenvalue weighted by atomic mass is 10.2. The summed E-state index contributed by atoms with van der Waals surface area (Å²) in [6, 6.07) is 0. The first-order valence-corrected chi connectivity index (χ1v) is 3.49. The van der Waals surface area contributed by atoms with E-state index in [9.17, 15) is 17.6 Å². The van der Waals surface area contributed by atoms with Crippen molar-refractivity contribution >= 4 is 0 Å². The van der Waals surface area contributed by atoms with Crippen LogP contribution in [-0.2, 0) is 4.74 Å². The predicted molar refractivity (Wildman–Crippen MR) is 36.4 cm³/mol. The molecule has 0 bridgehead atoms. The molecule has 0 rings (SSSR count). The largest absolute Gasteiger partial charge is 0.394 e. The van der Waals surface area contributed by atoms with Gasteiger partial charge in [-0.3, -0.25) is 0 Å². The molecule has 0 aliphatic carbocycles. The van der Waals surface area contributed by atoms with Gasteiger partial charge >= 0.3 is 6.18 Å². The van der Waals surface area contributed by atoms with Crippen LogP contribution in [0.4, 0.5) is 17.6 Å². The number of rotatable bonds is 2. The van der Waals surface area contributed by atoms with Crippen molar-refractivity contribution in [2.24, 2.45) is 0 Å². The molecule has 1 atom stereocenters. The predicted octanol–water partition coefficient (Wildman–Crippen LogP) is 3.05. The van der Waals surface area contributed by atoms with Gasteiger partial charge in [0, 0.05) is 0 Å². The summed E-state index contributed by atoms with van der Waals surface area (Å²) in [6.07, 6.45) is -8.33. The Morgan fingerprint density at radius 3 is 1.83 bits per heavy atom. The van der Waals surface area contributed by atoms with E-state index >= 15 is 0 Å². The molecule has 1 nitrogen and oxygen atoms in total. The Morgan fingerprint density at radius 2 is 1.58 bits per heavy atom. The fraction of sp³-hybridized carbons (Fsp3) is 1.00. The van der Waals surface area contributed by atoms with Gasteiger partial charge in [0.1, 0.15) is 0 Å². The molecule has 0 amide bonds. The van der Waals surface area contributed by atoms with Crippen LogP contribution in [0.25, 0.3) is 0 Å². The van der Waals surface area contributed by atoms with E-state index in [-0.39, 0.29) is 0 Å². The Bertz CT molecular complexity index is 119. The summed E-state index contributed by atoms with van der Waals surface area (Å²) in [4.78, 5) is 0. The third-order valence-electron chi connectivity index (χ3n) is 0.873. The minimum Gasteiger partial charge on any atom is -0.342 e. The van der Waals surface area contributed by atoms with Gasteiger partial charge in [0.25, 0.3) is 0 Å². The molecule has 0 heterocycles. The van der Waals surface area contributed by atoms with Crippen molar-refractivity contribution in [1.29, 1.82) is 0 Å². The van der Waals surface area contributed by atoms with Crippen molar-refractivity contribution in [1.82, 2.24) is 0 Å². The number of halogens is 4. The Labute approximate surface area is 68.7 Å². The second kappa shape index (κ2) is 3.60. The van der Waals surface area contributed by atoms with E-state index in [2.05, 4.69) is 4.74 Å². The van der Waals surface area contributed by atoms with Gasteiger partial charge in [-0.2, -0.15) is 13.2 Å². The molecule has 0 aliphatic heterocycles. The van der Waals surface area contributed by atoms with Crippen molar-refractivity contribution < 1.29 is 22.3 Å². The molecule has 0 fully saturated rings. The van der Waals surface area contributed by atoms with Gasteiger partial charge < -0.3 is 4.74 Å². The van der Waals surface area contributed by atoms with E-state index in [0.29, 0.717) is 0 Å². The van der Waals surface area contributed by atoms with Gasteiger partial charge in [0.15, 0.2) is 0 Å². The fourth-order valence-corrected chi connectivity index (χ4v) is 0.607. The molecule has 0 saturated carbocycles. The summed E-state index contributed by atoms with van der Waals surface area (Å²) in [6.45, 7) is 4.49. The highest BCUT2D eigenvalue weighted by Gasteiger charge is 2.34. The molecule has 74 valence electrons. The molecule has 1 unspecified atom stereocenters. The van der Waals surface area contributed by atoms with Crippen LogP contribution in [0.3, 0.4) is 0 Å². The molecule has 12 heavy (non-hydrogen) atoms. The van der Waals surface area contributed by atoms with Crippen molar-refractivity contribution in [2.45, 2.75) is 45.3 Å². The molecule has 0 aromatic carbocycles. The summed E-state index contributed by atoms with van der Waals surface area (Å²) >= 11 is 0. The minimum absolute atomic E-state index is 0.884. The lowest BCUT2D eigenvalue weighted by Gasteiger charge is -2.22. The average molecular weight is 188 g/mol. The fourth-order valence-electron chi connectivity index (χ4n) is 0.607. The van der Waals surface area contributed by atoms with E-state index in [1.807, 2.05) is 0 Å². The normalized spacial score (nSPS) is 16.2. The van der Waals surface area contributed by atoms with Gasteiger partial charge in [-0.1, -0.05) is 0 Å². The summed E-state index contributed by atoms with van der Waals surface area (Å²) in [7, 11) is 0. The van der Waals surface area contributed by atoms with E-state index in [1.165, 1.54) is 20.8 Å². The van der Waals surface area contributed by atoms with Gasteiger partial charge in [0.05, 0.1) is 12.0 Å². The van der Waals surface area contributed by atoms with Crippen molar-refractivity contribution in [3.8, 4) is 0 Å². The van der Waals surface area contributed by atoms with Crippen molar-refractivity contribution in [2.75, 3.05) is 0 Å². The minimum atomic E-state index is -4.51. The van der Waals surface area contributed by atoms with Gasteiger partial charge in [-0.15, -0.1) is 0 Å². The zero-order valence-corrected chi connectivity index (χ0v) is 7.20. The summed E-state index contributed by atoms with van der Waals surface area (Å²) < 4.78 is 51.6. The number of alkyl halides is 4.